The molecule has 4 heteroatoms. The summed E-state index contributed by atoms with van der Waals surface area (Å²) in [5.74, 6) is 1.80. The van der Waals surface area contributed by atoms with Crippen LogP contribution in [0.3, 0.4) is 0 Å². The first-order chi connectivity index (χ1) is 58.4. The lowest BCUT2D eigenvalue weighted by Crippen LogP contribution is -2.28. The maximum Gasteiger partial charge on any atom is 0.119 e. The molecule has 16 aromatic rings. The number of ether oxygens (including phenoxy) is 2. The third kappa shape index (κ3) is 15.2. The lowest BCUT2D eigenvalue weighted by atomic mass is 9.67. The normalized spacial score (nSPS) is 14.1. The molecule has 0 saturated heterocycles. The van der Waals surface area contributed by atoms with Crippen LogP contribution >= 0.6 is 0 Å². The SMILES string of the molecule is C=Cc1ccc(OCCCCCCC2(c3ccccc3-c3ccccc3)c3ccccc3-c3ccc(N(c4ccc(-c5ccccc5)cc4)c4ccc(-c5ccc(N(c6ccc(-c7ccccc7)cc6)c6ccc7c(c6)C(CCCCCCOc6ccc(C=C)cc6)(c6ccccc6-c6ccccc6)c6ccccc6-7)cc5)cc4)cc32)cc1. The summed E-state index contributed by atoms with van der Waals surface area (Å²) in [6.07, 6.45) is 13.9. The summed E-state index contributed by atoms with van der Waals surface area (Å²) in [4.78, 5) is 4.94. The molecule has 16 aromatic carbocycles. The van der Waals surface area contributed by atoms with Gasteiger partial charge in [-0.05, 0) is 245 Å². The molecule has 118 heavy (non-hydrogen) atoms. The molecule has 0 radical (unpaired) electrons. The van der Waals surface area contributed by atoms with E-state index < -0.39 is 10.8 Å². The maximum atomic E-state index is 6.28. The molecule has 2 aliphatic rings. The van der Waals surface area contributed by atoms with Crippen LogP contribution in [-0.2, 0) is 10.8 Å². The molecule has 2 unspecified atom stereocenters. The van der Waals surface area contributed by atoms with E-state index in [4.69, 9.17) is 9.47 Å². The molecule has 0 aromatic heterocycles. The topological polar surface area (TPSA) is 24.9 Å². The second-order valence-corrected chi connectivity index (χ2v) is 31.3. The molecule has 574 valence electrons. The van der Waals surface area contributed by atoms with E-state index in [0.29, 0.717) is 13.2 Å². The summed E-state index contributed by atoms with van der Waals surface area (Å²) in [5.41, 5.74) is 32.9. The summed E-state index contributed by atoms with van der Waals surface area (Å²) in [7, 11) is 0. The Morgan fingerprint density at radius 3 is 0.788 bits per heavy atom. The van der Waals surface area contributed by atoms with E-state index in [1.54, 1.807) is 0 Å². The van der Waals surface area contributed by atoms with Gasteiger partial charge in [-0.25, -0.2) is 0 Å². The van der Waals surface area contributed by atoms with E-state index in [-0.39, 0.29) is 0 Å². The summed E-state index contributed by atoms with van der Waals surface area (Å²) in [6, 6.07) is 148. The third-order valence-electron chi connectivity index (χ3n) is 24.5. The van der Waals surface area contributed by atoms with E-state index in [1.165, 1.54) is 100 Å². The molecule has 0 aliphatic heterocycles. The highest BCUT2D eigenvalue weighted by Gasteiger charge is 2.48. The number of hydrogen-bond acceptors (Lipinski definition) is 4. The number of hydrogen-bond donors (Lipinski definition) is 0. The highest BCUT2D eigenvalue weighted by atomic mass is 16.5. The van der Waals surface area contributed by atoms with E-state index in [0.717, 1.165) is 132 Å². The van der Waals surface area contributed by atoms with Gasteiger partial charge in [0.1, 0.15) is 11.5 Å². The summed E-state index contributed by atoms with van der Waals surface area (Å²) in [6.45, 7) is 9.23. The number of rotatable bonds is 31. The van der Waals surface area contributed by atoms with Gasteiger partial charge < -0.3 is 19.3 Å². The Labute approximate surface area is 696 Å². The Morgan fingerprint density at radius 2 is 0.466 bits per heavy atom. The van der Waals surface area contributed by atoms with Crippen LogP contribution in [0.15, 0.2) is 414 Å². The minimum atomic E-state index is -0.471. The average Bonchev–Trinajstić information content (AvgIpc) is 1.55. The van der Waals surface area contributed by atoms with Crippen LogP contribution in [-0.4, -0.2) is 13.2 Å². The average molecular weight is 1530 g/mol. The molecule has 0 bridgehead atoms. The fourth-order valence-electron chi connectivity index (χ4n) is 18.7. The molecular weight excluding hydrogens is 1430 g/mol. The Hall–Kier alpha value is -13.8. The monoisotopic (exact) mass is 1520 g/mol. The van der Waals surface area contributed by atoms with Crippen LogP contribution < -0.4 is 19.3 Å². The van der Waals surface area contributed by atoms with Crippen molar-refractivity contribution in [3.63, 3.8) is 0 Å². The Kier molecular flexibility index (Phi) is 22.2. The van der Waals surface area contributed by atoms with Gasteiger partial charge in [-0.3, -0.25) is 0 Å². The second kappa shape index (κ2) is 34.7. The van der Waals surface area contributed by atoms with Crippen molar-refractivity contribution in [2.45, 2.75) is 75.0 Å². The minimum Gasteiger partial charge on any atom is -0.494 e. The second-order valence-electron chi connectivity index (χ2n) is 31.3. The molecule has 2 aliphatic carbocycles. The highest BCUT2D eigenvalue weighted by molar-refractivity contribution is 5.93. The highest BCUT2D eigenvalue weighted by Crippen LogP contribution is 2.60. The first-order valence-corrected chi connectivity index (χ1v) is 42.0. The Morgan fingerprint density at radius 1 is 0.212 bits per heavy atom. The molecule has 0 saturated carbocycles. The van der Waals surface area contributed by atoms with Crippen molar-refractivity contribution in [2.75, 3.05) is 23.0 Å². The summed E-state index contributed by atoms with van der Waals surface area (Å²) < 4.78 is 12.6. The molecule has 0 fully saturated rings. The van der Waals surface area contributed by atoms with E-state index in [1.807, 2.05) is 36.4 Å². The van der Waals surface area contributed by atoms with Crippen molar-refractivity contribution < 1.29 is 9.47 Å². The van der Waals surface area contributed by atoms with Gasteiger partial charge in [0.25, 0.3) is 0 Å². The van der Waals surface area contributed by atoms with Crippen molar-refractivity contribution in [2.24, 2.45) is 0 Å². The largest absolute Gasteiger partial charge is 0.494 e. The van der Waals surface area contributed by atoms with Gasteiger partial charge >= 0.3 is 0 Å². The van der Waals surface area contributed by atoms with Gasteiger partial charge in [0.05, 0.1) is 13.2 Å². The predicted octanol–water partition coefficient (Wildman–Crippen LogP) is 30.9. The van der Waals surface area contributed by atoms with Crippen LogP contribution in [0, 0.1) is 0 Å². The lowest BCUT2D eigenvalue weighted by molar-refractivity contribution is 0.303. The number of benzene rings is 16. The zero-order valence-electron chi connectivity index (χ0n) is 66.9. The van der Waals surface area contributed by atoms with Gasteiger partial charge in [0.2, 0.25) is 0 Å². The standard InChI is InChI=1S/C114H96N2O2/c1-3-83-49-71-99(72-50-83)117-79-31-7-5-29-77-113(107-45-25-21-41-101(107)91-37-17-11-18-38-91)109-47-27-23-43-103(109)105-75-69-97(81-111(105)113)115(93-61-53-87(54-62-93)85-33-13-9-14-34-85)95-65-57-89(58-66-95)90-59-67-96(68-60-90)116(94-63-55-88(56-64-94)86-35-15-10-16-36-86)98-70-76-106-104-44-24-28-48-110(104)114(112(106)82-98,108-46-26-22-42-102(108)92-39-19-12-20-40-92)78-30-6-8-32-80-118-100-73-51-84(4-2)52-74-100/h3-4,9-28,33-76,81-82H,1-2,5-8,29-32,77-80H2. The van der Waals surface area contributed by atoms with Crippen molar-refractivity contribution in [3.8, 4) is 89.4 Å². The number of unbranched alkanes of at least 4 members (excludes halogenated alkanes) is 6. The van der Waals surface area contributed by atoms with Crippen LogP contribution in [0.25, 0.3) is 90.0 Å². The van der Waals surface area contributed by atoms with Crippen LogP contribution in [0.2, 0.25) is 0 Å². The van der Waals surface area contributed by atoms with Gasteiger partial charge in [-0.1, -0.05) is 367 Å². The summed E-state index contributed by atoms with van der Waals surface area (Å²) >= 11 is 0. The van der Waals surface area contributed by atoms with Gasteiger partial charge in [0.15, 0.2) is 0 Å². The number of anilines is 6. The summed E-state index contributed by atoms with van der Waals surface area (Å²) in [5, 5.41) is 0. The smallest absolute Gasteiger partial charge is 0.119 e. The fraction of sp³-hybridized carbons (Fsp3) is 0.123. The van der Waals surface area contributed by atoms with E-state index in [2.05, 4.69) is 399 Å². The molecule has 0 heterocycles. The van der Waals surface area contributed by atoms with Crippen molar-refractivity contribution in [1.82, 2.24) is 0 Å². The van der Waals surface area contributed by atoms with Crippen LogP contribution in [0.1, 0.15) is 109 Å². The molecule has 18 rings (SSSR count). The van der Waals surface area contributed by atoms with Crippen molar-refractivity contribution in [1.29, 1.82) is 0 Å². The third-order valence-corrected chi connectivity index (χ3v) is 24.5. The van der Waals surface area contributed by atoms with Crippen molar-refractivity contribution in [3.05, 3.63) is 458 Å². The predicted molar refractivity (Wildman–Crippen MR) is 497 cm³/mol. The van der Waals surface area contributed by atoms with Gasteiger partial charge in [0, 0.05) is 45.0 Å². The molecule has 0 N–H and O–H groups in total. The van der Waals surface area contributed by atoms with Crippen LogP contribution in [0.4, 0.5) is 34.1 Å². The fourth-order valence-corrected chi connectivity index (χ4v) is 18.7. The van der Waals surface area contributed by atoms with Gasteiger partial charge in [-0.2, -0.15) is 0 Å². The molecule has 2 atom stereocenters. The zero-order valence-corrected chi connectivity index (χ0v) is 66.9. The Balaban J connectivity index is 0.702. The first kappa shape index (κ1) is 75.5. The number of fused-ring (bicyclic) bond motifs is 6. The van der Waals surface area contributed by atoms with E-state index >= 15 is 0 Å². The first-order valence-electron chi connectivity index (χ1n) is 42.0. The Bertz CT molecular complexity index is 5740. The van der Waals surface area contributed by atoms with Gasteiger partial charge in [-0.15, -0.1) is 0 Å². The number of nitrogens with zero attached hydrogens (tertiary/aromatic N) is 2. The lowest BCUT2D eigenvalue weighted by Gasteiger charge is -2.36. The van der Waals surface area contributed by atoms with Crippen molar-refractivity contribution >= 4 is 46.3 Å². The minimum absolute atomic E-state index is 0.471. The molecule has 0 amide bonds. The molecule has 0 spiro atoms. The van der Waals surface area contributed by atoms with Crippen LogP contribution in [0.5, 0.6) is 11.5 Å². The van der Waals surface area contributed by atoms with E-state index in [9.17, 15) is 0 Å². The molecular formula is C114H96N2O2. The zero-order chi connectivity index (χ0) is 79.5. The molecule has 4 nitrogen and oxygen atoms in total. The quantitative estimate of drug-likeness (QED) is 0.0404. The maximum absolute atomic E-state index is 6.28.